The third kappa shape index (κ3) is 1.80. The molecule has 6 heteroatoms. The van der Waals surface area contributed by atoms with Crippen molar-refractivity contribution in [1.29, 1.82) is 0 Å². The summed E-state index contributed by atoms with van der Waals surface area (Å²) in [6, 6.07) is 0. The van der Waals surface area contributed by atoms with Gasteiger partial charge in [0.2, 0.25) is 0 Å². The van der Waals surface area contributed by atoms with Gasteiger partial charge in [-0.15, -0.1) is 0 Å². The van der Waals surface area contributed by atoms with Crippen molar-refractivity contribution >= 4 is 5.97 Å². The summed E-state index contributed by atoms with van der Waals surface area (Å²) in [4.78, 5) is 15.8. The molecule has 0 bridgehead atoms. The van der Waals surface area contributed by atoms with E-state index in [1.807, 2.05) is 11.6 Å². The number of hydrogen-bond donors (Lipinski definition) is 1. The Labute approximate surface area is 94.0 Å². The van der Waals surface area contributed by atoms with Gasteiger partial charge in [-0.05, 0) is 6.92 Å². The van der Waals surface area contributed by atoms with Gasteiger partial charge >= 0.3 is 5.97 Å². The van der Waals surface area contributed by atoms with E-state index in [4.69, 9.17) is 4.74 Å². The van der Waals surface area contributed by atoms with Crippen LogP contribution in [0.3, 0.4) is 0 Å². The number of carbonyl (C=O) groups is 1. The fourth-order valence-electron chi connectivity index (χ4n) is 2.15. The summed E-state index contributed by atoms with van der Waals surface area (Å²) in [7, 11) is 1.42. The van der Waals surface area contributed by atoms with Crippen LogP contribution in [0.15, 0.2) is 6.33 Å². The van der Waals surface area contributed by atoms with E-state index >= 15 is 0 Å². The number of esters is 1. The van der Waals surface area contributed by atoms with E-state index in [0.717, 1.165) is 18.9 Å². The number of methoxy groups -OCH3 is 1. The third-order valence-electron chi connectivity index (χ3n) is 2.99. The molecule has 1 aliphatic heterocycles. The molecule has 2 atom stereocenters. The largest absolute Gasteiger partial charge is 0.469 e. The van der Waals surface area contributed by atoms with Crippen molar-refractivity contribution in [3.63, 3.8) is 0 Å². The fourth-order valence-corrected chi connectivity index (χ4v) is 2.15. The molecule has 0 aromatic carbocycles. The molecule has 1 aliphatic rings. The minimum Gasteiger partial charge on any atom is -0.469 e. The highest BCUT2D eigenvalue weighted by Gasteiger charge is 2.37. The van der Waals surface area contributed by atoms with E-state index in [9.17, 15) is 4.79 Å². The van der Waals surface area contributed by atoms with Crippen LogP contribution in [-0.2, 0) is 16.1 Å². The Morgan fingerprint density at radius 3 is 3.19 bits per heavy atom. The van der Waals surface area contributed by atoms with E-state index in [1.54, 1.807) is 0 Å². The Morgan fingerprint density at radius 2 is 2.50 bits per heavy atom. The van der Waals surface area contributed by atoms with Crippen molar-refractivity contribution in [1.82, 2.24) is 20.1 Å². The standard InChI is InChI=1S/C10H16N4O2/c1-3-14-9(12-6-13-14)7-4-11-5-8(7)10(15)16-2/h6-8,11H,3-5H2,1-2H3. The van der Waals surface area contributed by atoms with Crippen molar-refractivity contribution in [2.24, 2.45) is 5.92 Å². The van der Waals surface area contributed by atoms with Crippen molar-refractivity contribution in [2.75, 3.05) is 20.2 Å². The van der Waals surface area contributed by atoms with Crippen LogP contribution in [-0.4, -0.2) is 40.9 Å². The number of aromatic nitrogens is 3. The normalized spacial score (nSPS) is 24.6. The molecule has 1 aromatic heterocycles. The maximum atomic E-state index is 11.6. The van der Waals surface area contributed by atoms with Crippen LogP contribution in [0.1, 0.15) is 18.7 Å². The van der Waals surface area contributed by atoms with E-state index in [2.05, 4.69) is 15.4 Å². The second-order valence-corrected chi connectivity index (χ2v) is 3.83. The minimum absolute atomic E-state index is 0.0647. The highest BCUT2D eigenvalue weighted by Crippen LogP contribution is 2.27. The van der Waals surface area contributed by atoms with Crippen molar-refractivity contribution in [3.8, 4) is 0 Å². The summed E-state index contributed by atoms with van der Waals surface area (Å²) in [5.74, 6) is 0.595. The summed E-state index contributed by atoms with van der Waals surface area (Å²) >= 11 is 0. The van der Waals surface area contributed by atoms with Gasteiger partial charge in [-0.1, -0.05) is 0 Å². The predicted octanol–water partition coefficient (Wildman–Crippen LogP) is -0.226. The molecule has 1 saturated heterocycles. The van der Waals surface area contributed by atoms with Crippen LogP contribution >= 0.6 is 0 Å². The molecule has 1 aromatic rings. The van der Waals surface area contributed by atoms with Crippen LogP contribution < -0.4 is 5.32 Å². The first-order chi connectivity index (χ1) is 7.77. The maximum absolute atomic E-state index is 11.6. The molecule has 2 rings (SSSR count). The van der Waals surface area contributed by atoms with E-state index in [0.29, 0.717) is 6.54 Å². The smallest absolute Gasteiger partial charge is 0.310 e. The number of carbonyl (C=O) groups excluding carboxylic acids is 1. The first-order valence-corrected chi connectivity index (χ1v) is 5.44. The number of nitrogens with zero attached hydrogens (tertiary/aromatic N) is 3. The second kappa shape index (κ2) is 4.61. The molecule has 16 heavy (non-hydrogen) atoms. The van der Waals surface area contributed by atoms with Gasteiger partial charge in [-0.2, -0.15) is 5.10 Å². The molecule has 6 nitrogen and oxygen atoms in total. The zero-order chi connectivity index (χ0) is 11.5. The summed E-state index contributed by atoms with van der Waals surface area (Å²) in [6.45, 7) is 4.17. The Balaban J connectivity index is 2.23. The Hall–Kier alpha value is -1.43. The van der Waals surface area contributed by atoms with Gasteiger partial charge in [0, 0.05) is 25.6 Å². The van der Waals surface area contributed by atoms with E-state index in [1.165, 1.54) is 13.4 Å². The Bertz CT molecular complexity index is 377. The van der Waals surface area contributed by atoms with Crippen molar-refractivity contribution in [3.05, 3.63) is 12.2 Å². The zero-order valence-corrected chi connectivity index (χ0v) is 9.51. The quantitative estimate of drug-likeness (QED) is 0.718. The van der Waals surface area contributed by atoms with Crippen molar-refractivity contribution < 1.29 is 9.53 Å². The first-order valence-electron chi connectivity index (χ1n) is 5.44. The lowest BCUT2D eigenvalue weighted by Gasteiger charge is -2.15. The van der Waals surface area contributed by atoms with Gasteiger partial charge in [0.15, 0.2) is 0 Å². The first kappa shape index (κ1) is 11.1. The van der Waals surface area contributed by atoms with Crippen LogP contribution in [0.5, 0.6) is 0 Å². The van der Waals surface area contributed by atoms with Gasteiger partial charge in [0.1, 0.15) is 12.2 Å². The summed E-state index contributed by atoms with van der Waals surface area (Å²) in [6.07, 6.45) is 1.53. The van der Waals surface area contributed by atoms with Gasteiger partial charge in [-0.3, -0.25) is 9.48 Å². The van der Waals surface area contributed by atoms with Crippen LogP contribution in [0.4, 0.5) is 0 Å². The molecule has 0 aliphatic carbocycles. The molecule has 1 N–H and O–H groups in total. The average molecular weight is 224 g/mol. The molecule has 2 heterocycles. The molecular weight excluding hydrogens is 208 g/mol. The van der Waals surface area contributed by atoms with Crippen molar-refractivity contribution in [2.45, 2.75) is 19.4 Å². The monoisotopic (exact) mass is 224 g/mol. The highest BCUT2D eigenvalue weighted by molar-refractivity contribution is 5.74. The molecule has 0 radical (unpaired) electrons. The van der Waals surface area contributed by atoms with E-state index in [-0.39, 0.29) is 17.8 Å². The summed E-state index contributed by atoms with van der Waals surface area (Å²) in [5.41, 5.74) is 0. The lowest BCUT2D eigenvalue weighted by atomic mass is 9.95. The Morgan fingerprint density at radius 1 is 1.69 bits per heavy atom. The molecule has 0 spiro atoms. The minimum atomic E-state index is -0.180. The fraction of sp³-hybridized carbons (Fsp3) is 0.700. The highest BCUT2D eigenvalue weighted by atomic mass is 16.5. The molecule has 88 valence electrons. The number of rotatable bonds is 3. The zero-order valence-electron chi connectivity index (χ0n) is 9.51. The summed E-state index contributed by atoms with van der Waals surface area (Å²) < 4.78 is 6.63. The number of ether oxygens (including phenoxy) is 1. The second-order valence-electron chi connectivity index (χ2n) is 3.83. The third-order valence-corrected chi connectivity index (χ3v) is 2.99. The SMILES string of the molecule is CCn1ncnc1C1CNCC1C(=O)OC. The topological polar surface area (TPSA) is 69.0 Å². The Kier molecular flexibility index (Phi) is 3.19. The maximum Gasteiger partial charge on any atom is 0.310 e. The number of nitrogens with one attached hydrogen (secondary N) is 1. The number of hydrogen-bond acceptors (Lipinski definition) is 5. The van der Waals surface area contributed by atoms with Gasteiger partial charge in [0.05, 0.1) is 13.0 Å². The van der Waals surface area contributed by atoms with Gasteiger partial charge in [0.25, 0.3) is 0 Å². The number of aryl methyl sites for hydroxylation is 1. The lowest BCUT2D eigenvalue weighted by Crippen LogP contribution is -2.25. The van der Waals surface area contributed by atoms with Crippen LogP contribution in [0, 0.1) is 5.92 Å². The molecule has 0 amide bonds. The van der Waals surface area contributed by atoms with Gasteiger partial charge < -0.3 is 10.1 Å². The van der Waals surface area contributed by atoms with E-state index < -0.39 is 0 Å². The summed E-state index contributed by atoms with van der Waals surface area (Å²) in [5, 5.41) is 7.32. The molecule has 1 fully saturated rings. The average Bonchev–Trinajstić information content (AvgIpc) is 2.94. The molecule has 0 saturated carbocycles. The lowest BCUT2D eigenvalue weighted by molar-refractivity contribution is -0.145. The van der Waals surface area contributed by atoms with Gasteiger partial charge in [-0.25, -0.2) is 4.98 Å². The predicted molar refractivity (Wildman–Crippen MR) is 56.8 cm³/mol. The molecule has 2 unspecified atom stereocenters. The van der Waals surface area contributed by atoms with Crippen LogP contribution in [0.25, 0.3) is 0 Å². The molecular formula is C10H16N4O2. The van der Waals surface area contributed by atoms with Crippen LogP contribution in [0.2, 0.25) is 0 Å².